The zero-order chi connectivity index (χ0) is 17.9. The van der Waals surface area contributed by atoms with E-state index in [0.717, 1.165) is 30.8 Å². The van der Waals surface area contributed by atoms with Crippen LogP contribution in [0.15, 0.2) is 21.3 Å². The number of carbonyl (C=O) groups excluding carboxylic acids is 1. The largest absolute Gasteiger partial charge is 0.491 e. The molecule has 5 nitrogen and oxygen atoms in total. The summed E-state index contributed by atoms with van der Waals surface area (Å²) in [6.45, 7) is 12.5. The molecule has 0 aliphatic rings. The fourth-order valence-electron chi connectivity index (χ4n) is 3.00. The number of aryl methyl sites for hydroxylation is 2. The van der Waals surface area contributed by atoms with Crippen molar-refractivity contribution in [2.24, 2.45) is 0 Å². The fraction of sp³-hybridized carbons (Fsp3) is 0.474. The molecular weight excluding hydrogens is 342 g/mol. The van der Waals surface area contributed by atoms with Crippen molar-refractivity contribution in [1.29, 1.82) is 0 Å². The van der Waals surface area contributed by atoms with Crippen molar-refractivity contribution in [3.8, 4) is 5.75 Å². The van der Waals surface area contributed by atoms with Crippen LogP contribution < -0.4 is 10.4 Å². The number of carbonyl (C=O) groups is 1. The van der Waals surface area contributed by atoms with E-state index in [1.54, 1.807) is 6.07 Å². The molecule has 1 heterocycles. The highest BCUT2D eigenvalue weighted by atomic mass is 35.5. The number of benzene rings is 1. The maximum atomic E-state index is 12.1. The standard InChI is InChI=1S/C19H25NO4.ClH/c1-6-20(7-2)8-9-23-19-17(14(5)21)12(3)10-15-18(19)13(4)11-16(22)24-15;/h10-11H,6-9H2,1-5H3;1H. The van der Waals surface area contributed by atoms with E-state index in [0.29, 0.717) is 28.9 Å². The average molecular weight is 368 g/mol. The monoisotopic (exact) mass is 367 g/mol. The highest BCUT2D eigenvalue weighted by Gasteiger charge is 2.19. The van der Waals surface area contributed by atoms with Crippen molar-refractivity contribution < 1.29 is 13.9 Å². The van der Waals surface area contributed by atoms with Crippen LogP contribution in [-0.2, 0) is 0 Å². The van der Waals surface area contributed by atoms with Gasteiger partial charge in [-0.1, -0.05) is 13.8 Å². The number of likely N-dealkylation sites (N-methyl/N-ethyl adjacent to an activating group) is 1. The molecule has 0 fully saturated rings. The first kappa shape index (κ1) is 21.2. The Hall–Kier alpha value is -1.85. The molecule has 0 unspecified atom stereocenters. The summed E-state index contributed by atoms with van der Waals surface area (Å²) in [6, 6.07) is 3.16. The Morgan fingerprint density at radius 3 is 2.36 bits per heavy atom. The molecule has 6 heteroatoms. The van der Waals surface area contributed by atoms with E-state index in [2.05, 4.69) is 18.7 Å². The molecule has 2 rings (SSSR count). The molecule has 0 N–H and O–H groups in total. The minimum Gasteiger partial charge on any atom is -0.491 e. The zero-order valence-electron chi connectivity index (χ0n) is 15.5. The lowest BCUT2D eigenvalue weighted by molar-refractivity contribution is 0.101. The van der Waals surface area contributed by atoms with E-state index in [1.807, 2.05) is 13.8 Å². The first-order valence-electron chi connectivity index (χ1n) is 8.33. The van der Waals surface area contributed by atoms with E-state index in [1.165, 1.54) is 13.0 Å². The number of hydrogen-bond donors (Lipinski definition) is 0. The molecule has 0 amide bonds. The molecule has 0 radical (unpaired) electrons. The Bertz CT molecular complexity index is 809. The summed E-state index contributed by atoms with van der Waals surface area (Å²) >= 11 is 0. The van der Waals surface area contributed by atoms with Crippen LogP contribution in [0, 0.1) is 13.8 Å². The number of ether oxygens (including phenoxy) is 1. The molecule has 25 heavy (non-hydrogen) atoms. The fourth-order valence-corrected chi connectivity index (χ4v) is 3.00. The maximum absolute atomic E-state index is 12.1. The van der Waals surface area contributed by atoms with Crippen molar-refractivity contribution in [3.63, 3.8) is 0 Å². The third kappa shape index (κ3) is 4.61. The minimum atomic E-state index is -0.399. The first-order chi connectivity index (χ1) is 11.4. The van der Waals surface area contributed by atoms with Gasteiger partial charge < -0.3 is 14.1 Å². The number of nitrogens with zero attached hydrogens (tertiary/aromatic N) is 1. The second kappa shape index (κ2) is 9.02. The number of ketones is 1. The zero-order valence-corrected chi connectivity index (χ0v) is 16.3. The van der Waals surface area contributed by atoms with Gasteiger partial charge in [0.15, 0.2) is 5.78 Å². The number of hydrogen-bond acceptors (Lipinski definition) is 5. The summed E-state index contributed by atoms with van der Waals surface area (Å²) in [4.78, 5) is 26.0. The molecular formula is C19H26ClNO4. The van der Waals surface area contributed by atoms with Gasteiger partial charge in [-0.3, -0.25) is 4.79 Å². The summed E-state index contributed by atoms with van der Waals surface area (Å²) in [7, 11) is 0. The van der Waals surface area contributed by atoms with Crippen molar-refractivity contribution in [3.05, 3.63) is 39.2 Å². The van der Waals surface area contributed by atoms with Crippen LogP contribution in [0.4, 0.5) is 0 Å². The Balaban J connectivity index is 0.00000312. The van der Waals surface area contributed by atoms with E-state index in [4.69, 9.17) is 9.15 Å². The molecule has 138 valence electrons. The molecule has 1 aromatic carbocycles. The molecule has 1 aromatic heterocycles. The van der Waals surface area contributed by atoms with Crippen LogP contribution in [0.25, 0.3) is 11.0 Å². The highest BCUT2D eigenvalue weighted by molar-refractivity contribution is 6.04. The average Bonchev–Trinajstić information content (AvgIpc) is 2.49. The molecule has 0 atom stereocenters. The number of halogens is 1. The Morgan fingerprint density at radius 2 is 1.80 bits per heavy atom. The first-order valence-corrected chi connectivity index (χ1v) is 8.33. The van der Waals surface area contributed by atoms with Gasteiger partial charge in [0.1, 0.15) is 17.9 Å². The van der Waals surface area contributed by atoms with Gasteiger partial charge in [-0.05, 0) is 51.1 Å². The highest BCUT2D eigenvalue weighted by Crippen LogP contribution is 2.34. The van der Waals surface area contributed by atoms with Crippen molar-refractivity contribution in [2.75, 3.05) is 26.2 Å². The number of rotatable bonds is 7. The van der Waals surface area contributed by atoms with E-state index in [9.17, 15) is 9.59 Å². The van der Waals surface area contributed by atoms with Crippen LogP contribution in [-0.4, -0.2) is 36.9 Å². The van der Waals surface area contributed by atoms with E-state index < -0.39 is 5.63 Å². The van der Waals surface area contributed by atoms with Crippen LogP contribution in [0.2, 0.25) is 0 Å². The Kier molecular flexibility index (Phi) is 7.64. The lowest BCUT2D eigenvalue weighted by atomic mass is 9.99. The normalized spacial score (nSPS) is 10.8. The quantitative estimate of drug-likeness (QED) is 0.551. The van der Waals surface area contributed by atoms with Crippen molar-refractivity contribution in [2.45, 2.75) is 34.6 Å². The summed E-state index contributed by atoms with van der Waals surface area (Å²) in [6.07, 6.45) is 0. The third-order valence-corrected chi connectivity index (χ3v) is 4.28. The lowest BCUT2D eigenvalue weighted by Crippen LogP contribution is -2.28. The Morgan fingerprint density at radius 1 is 1.16 bits per heavy atom. The number of Topliss-reactive ketones (excluding diaryl/α,β-unsaturated/α-hetero) is 1. The summed E-state index contributed by atoms with van der Waals surface area (Å²) in [5.41, 5.74) is 2.12. The smallest absolute Gasteiger partial charge is 0.336 e. The molecule has 2 aromatic rings. The van der Waals surface area contributed by atoms with Crippen LogP contribution in [0.3, 0.4) is 0 Å². The molecule has 0 saturated heterocycles. The van der Waals surface area contributed by atoms with Crippen LogP contribution in [0.5, 0.6) is 5.75 Å². The van der Waals surface area contributed by atoms with Gasteiger partial charge in [0.05, 0.1) is 10.9 Å². The summed E-state index contributed by atoms with van der Waals surface area (Å²) < 4.78 is 11.3. The van der Waals surface area contributed by atoms with E-state index >= 15 is 0 Å². The van der Waals surface area contributed by atoms with Gasteiger partial charge in [0.2, 0.25) is 0 Å². The van der Waals surface area contributed by atoms with Gasteiger partial charge in [0.25, 0.3) is 0 Å². The second-order valence-electron chi connectivity index (χ2n) is 5.95. The SMILES string of the molecule is CCN(CC)CCOc1c(C(C)=O)c(C)cc2oc(=O)cc(C)c12.Cl. The summed E-state index contributed by atoms with van der Waals surface area (Å²) in [5, 5.41) is 0.699. The molecule has 0 aliphatic heterocycles. The van der Waals surface area contributed by atoms with Gasteiger partial charge in [-0.25, -0.2) is 4.79 Å². The second-order valence-corrected chi connectivity index (χ2v) is 5.95. The van der Waals surface area contributed by atoms with Crippen LogP contribution in [0.1, 0.15) is 42.3 Å². The van der Waals surface area contributed by atoms with Crippen molar-refractivity contribution >= 4 is 29.2 Å². The topological polar surface area (TPSA) is 59.8 Å². The van der Waals surface area contributed by atoms with E-state index in [-0.39, 0.29) is 18.2 Å². The molecule has 0 spiro atoms. The maximum Gasteiger partial charge on any atom is 0.336 e. The van der Waals surface area contributed by atoms with Gasteiger partial charge in [-0.15, -0.1) is 12.4 Å². The van der Waals surface area contributed by atoms with Crippen LogP contribution >= 0.6 is 12.4 Å². The predicted molar refractivity (Wildman–Crippen MR) is 102 cm³/mol. The van der Waals surface area contributed by atoms with Gasteiger partial charge in [0, 0.05) is 12.6 Å². The van der Waals surface area contributed by atoms with Gasteiger partial charge in [-0.2, -0.15) is 0 Å². The molecule has 0 saturated carbocycles. The van der Waals surface area contributed by atoms with Crippen molar-refractivity contribution in [1.82, 2.24) is 4.90 Å². The van der Waals surface area contributed by atoms with Gasteiger partial charge >= 0.3 is 5.63 Å². The third-order valence-electron chi connectivity index (χ3n) is 4.28. The molecule has 0 bridgehead atoms. The lowest BCUT2D eigenvalue weighted by Gasteiger charge is -2.20. The minimum absolute atomic E-state index is 0. The Labute approximate surface area is 154 Å². The molecule has 0 aliphatic carbocycles. The predicted octanol–water partition coefficient (Wildman–Crippen LogP) is 3.75. The number of fused-ring (bicyclic) bond motifs is 1. The summed E-state index contributed by atoms with van der Waals surface area (Å²) in [5.74, 6) is 0.462.